The van der Waals surface area contributed by atoms with Gasteiger partial charge < -0.3 is 14.9 Å². The van der Waals surface area contributed by atoms with Crippen LogP contribution in [0.3, 0.4) is 0 Å². The molecule has 0 aliphatic carbocycles. The number of β-amino-alcohol motifs (C(OH)–C–C–N with tert-alkyl or cyclic N) is 1. The highest BCUT2D eigenvalue weighted by molar-refractivity contribution is 5.73. The molecule has 3 heterocycles. The van der Waals surface area contributed by atoms with Crippen molar-refractivity contribution < 1.29 is 9.90 Å². The van der Waals surface area contributed by atoms with Crippen LogP contribution in [0.2, 0.25) is 0 Å². The molecule has 3 rings (SSSR count). The van der Waals surface area contributed by atoms with Gasteiger partial charge in [0.25, 0.3) is 0 Å². The lowest BCUT2D eigenvalue weighted by Gasteiger charge is -2.49. The van der Waals surface area contributed by atoms with Crippen molar-refractivity contribution in [3.8, 4) is 0 Å². The number of hydrogen-bond donors (Lipinski definition) is 1. The van der Waals surface area contributed by atoms with Crippen molar-refractivity contribution in [1.82, 2.24) is 14.9 Å². The van der Waals surface area contributed by atoms with Crippen molar-refractivity contribution in [2.45, 2.75) is 52.6 Å². The maximum atomic E-state index is 11.7. The van der Waals surface area contributed by atoms with Gasteiger partial charge in [-0.2, -0.15) is 0 Å². The lowest BCUT2D eigenvalue weighted by atomic mass is 9.71. The van der Waals surface area contributed by atoms with Gasteiger partial charge in [0.1, 0.15) is 0 Å². The molecule has 1 aromatic rings. The zero-order chi connectivity index (χ0) is 17.3. The molecule has 1 atom stereocenters. The second kappa shape index (κ2) is 6.67. The highest BCUT2D eigenvalue weighted by atomic mass is 16.3. The molecule has 0 bridgehead atoms. The monoisotopic (exact) mass is 332 g/mol. The average Bonchev–Trinajstić information content (AvgIpc) is 2.55. The third kappa shape index (κ3) is 3.38. The van der Waals surface area contributed by atoms with Crippen LogP contribution in [0.5, 0.6) is 0 Å². The van der Waals surface area contributed by atoms with E-state index in [0.29, 0.717) is 6.54 Å². The molecular formula is C18H28N4O2. The molecule has 6 heteroatoms. The fraction of sp³-hybridized carbons (Fsp3) is 0.722. The van der Waals surface area contributed by atoms with Crippen LogP contribution in [-0.4, -0.2) is 58.2 Å². The highest BCUT2D eigenvalue weighted by Crippen LogP contribution is 2.40. The zero-order valence-electron chi connectivity index (χ0n) is 15.0. The first-order valence-corrected chi connectivity index (χ1v) is 8.93. The Kier molecular flexibility index (Phi) is 4.76. The van der Waals surface area contributed by atoms with E-state index in [2.05, 4.69) is 16.8 Å². The number of aromatic nitrogens is 2. The predicted molar refractivity (Wildman–Crippen MR) is 92.9 cm³/mol. The third-order valence-corrected chi connectivity index (χ3v) is 5.58. The first-order chi connectivity index (χ1) is 11.4. The van der Waals surface area contributed by atoms with E-state index in [1.54, 1.807) is 11.8 Å². The van der Waals surface area contributed by atoms with E-state index in [9.17, 15) is 9.90 Å². The summed E-state index contributed by atoms with van der Waals surface area (Å²) in [6.07, 6.45) is 5.14. The van der Waals surface area contributed by atoms with E-state index in [-0.39, 0.29) is 11.3 Å². The van der Waals surface area contributed by atoms with Crippen molar-refractivity contribution in [2.75, 3.05) is 31.1 Å². The van der Waals surface area contributed by atoms with Gasteiger partial charge in [0.15, 0.2) is 0 Å². The minimum absolute atomic E-state index is 0.0398. The largest absolute Gasteiger partial charge is 0.391 e. The Morgan fingerprint density at radius 1 is 1.42 bits per heavy atom. The molecule has 2 saturated heterocycles. The lowest BCUT2D eigenvalue weighted by molar-refractivity contribution is -0.137. The molecule has 1 aromatic heterocycles. The molecule has 2 fully saturated rings. The van der Waals surface area contributed by atoms with Crippen LogP contribution in [0.4, 0.5) is 5.95 Å². The number of likely N-dealkylation sites (tertiary alicyclic amines) is 1. The van der Waals surface area contributed by atoms with Crippen molar-refractivity contribution >= 4 is 11.9 Å². The van der Waals surface area contributed by atoms with Gasteiger partial charge in [-0.25, -0.2) is 9.97 Å². The topological polar surface area (TPSA) is 69.6 Å². The number of carbonyl (C=O) groups excluding carboxylic acids is 1. The maximum Gasteiger partial charge on any atom is 0.225 e. The molecular weight excluding hydrogens is 304 g/mol. The van der Waals surface area contributed by atoms with E-state index in [1.807, 2.05) is 13.1 Å². The summed E-state index contributed by atoms with van der Waals surface area (Å²) in [5.74, 6) is 0.872. The summed E-state index contributed by atoms with van der Waals surface area (Å²) >= 11 is 0. The number of amides is 1. The van der Waals surface area contributed by atoms with Crippen molar-refractivity contribution in [1.29, 1.82) is 0 Å². The molecule has 6 nitrogen and oxygen atoms in total. The highest BCUT2D eigenvalue weighted by Gasteiger charge is 2.42. The van der Waals surface area contributed by atoms with Gasteiger partial charge >= 0.3 is 0 Å². The Balaban J connectivity index is 1.70. The number of anilines is 1. The molecule has 2 aliphatic heterocycles. The minimum atomic E-state index is -0.406. The summed E-state index contributed by atoms with van der Waals surface area (Å²) in [7, 11) is 0. The number of rotatable bonds is 2. The zero-order valence-corrected chi connectivity index (χ0v) is 15.0. The molecule has 1 spiro atoms. The summed E-state index contributed by atoms with van der Waals surface area (Å²) in [6.45, 7) is 8.75. The van der Waals surface area contributed by atoms with Crippen LogP contribution >= 0.6 is 0 Å². The Morgan fingerprint density at radius 2 is 2.12 bits per heavy atom. The standard InChI is InChI=1S/C18H28N4O2/c1-4-16-13(2)10-19-17(20-16)21-7-5-18(6-8-21)9-15(24)11-22(12-18)14(3)23/h10,15,24H,4-9,11-12H2,1-3H3. The molecule has 0 saturated carbocycles. The summed E-state index contributed by atoms with van der Waals surface area (Å²) in [6, 6.07) is 0. The Labute approximate surface area is 143 Å². The van der Waals surface area contributed by atoms with Gasteiger partial charge in [-0.3, -0.25) is 4.79 Å². The summed E-state index contributed by atoms with van der Waals surface area (Å²) in [5, 5.41) is 10.2. The Morgan fingerprint density at radius 3 is 2.75 bits per heavy atom. The number of aryl methyl sites for hydroxylation is 2. The fourth-order valence-corrected chi connectivity index (χ4v) is 4.11. The average molecular weight is 332 g/mol. The van der Waals surface area contributed by atoms with E-state index >= 15 is 0 Å². The van der Waals surface area contributed by atoms with E-state index in [1.165, 1.54) is 0 Å². The van der Waals surface area contributed by atoms with Gasteiger partial charge in [0.05, 0.1) is 6.10 Å². The van der Waals surface area contributed by atoms with Crippen LogP contribution in [-0.2, 0) is 11.2 Å². The molecule has 132 valence electrons. The smallest absolute Gasteiger partial charge is 0.225 e. The van der Waals surface area contributed by atoms with Gasteiger partial charge in [0.2, 0.25) is 11.9 Å². The van der Waals surface area contributed by atoms with Crippen LogP contribution in [0, 0.1) is 12.3 Å². The van der Waals surface area contributed by atoms with Gasteiger partial charge in [-0.05, 0) is 43.6 Å². The molecule has 24 heavy (non-hydrogen) atoms. The quantitative estimate of drug-likeness (QED) is 0.890. The number of carbonyl (C=O) groups is 1. The van der Waals surface area contributed by atoms with Crippen LogP contribution in [0.25, 0.3) is 0 Å². The molecule has 1 unspecified atom stereocenters. The van der Waals surface area contributed by atoms with Gasteiger partial charge in [-0.15, -0.1) is 0 Å². The second-order valence-corrected chi connectivity index (χ2v) is 7.40. The Hall–Kier alpha value is -1.69. The maximum absolute atomic E-state index is 11.7. The van der Waals surface area contributed by atoms with Crippen LogP contribution < -0.4 is 4.90 Å². The summed E-state index contributed by atoms with van der Waals surface area (Å²) in [4.78, 5) is 25.0. The molecule has 0 aromatic carbocycles. The Bertz CT molecular complexity index is 611. The van der Waals surface area contributed by atoms with Crippen LogP contribution in [0.15, 0.2) is 6.20 Å². The molecule has 0 radical (unpaired) electrons. The fourth-order valence-electron chi connectivity index (χ4n) is 4.11. The first kappa shape index (κ1) is 17.1. The van der Waals surface area contributed by atoms with E-state index in [4.69, 9.17) is 4.98 Å². The van der Waals surface area contributed by atoms with E-state index in [0.717, 1.165) is 62.5 Å². The van der Waals surface area contributed by atoms with Gasteiger partial charge in [-0.1, -0.05) is 6.92 Å². The number of hydrogen-bond acceptors (Lipinski definition) is 5. The lowest BCUT2D eigenvalue weighted by Crippen LogP contribution is -2.55. The van der Waals surface area contributed by atoms with Crippen LogP contribution in [0.1, 0.15) is 44.4 Å². The van der Waals surface area contributed by atoms with Gasteiger partial charge in [0, 0.05) is 45.0 Å². The SMILES string of the molecule is CCc1nc(N2CCC3(CC2)CC(O)CN(C(C)=O)C3)ncc1C. The second-order valence-electron chi connectivity index (χ2n) is 7.40. The normalized spacial score (nSPS) is 23.6. The number of aliphatic hydroxyl groups excluding tert-OH is 1. The summed E-state index contributed by atoms with van der Waals surface area (Å²) < 4.78 is 0. The van der Waals surface area contributed by atoms with E-state index < -0.39 is 6.10 Å². The number of aliphatic hydroxyl groups is 1. The van der Waals surface area contributed by atoms with Crippen molar-refractivity contribution in [2.24, 2.45) is 5.41 Å². The third-order valence-electron chi connectivity index (χ3n) is 5.58. The van der Waals surface area contributed by atoms with Crippen molar-refractivity contribution in [3.05, 3.63) is 17.5 Å². The summed E-state index contributed by atoms with van der Waals surface area (Å²) in [5.41, 5.74) is 2.29. The predicted octanol–water partition coefficient (Wildman–Crippen LogP) is 1.55. The number of nitrogens with zero attached hydrogens (tertiary/aromatic N) is 4. The minimum Gasteiger partial charge on any atom is -0.391 e. The first-order valence-electron chi connectivity index (χ1n) is 8.93. The molecule has 1 N–H and O–H groups in total. The van der Waals surface area contributed by atoms with Crippen molar-refractivity contribution in [3.63, 3.8) is 0 Å². The number of piperidine rings is 2. The molecule has 2 aliphatic rings. The molecule has 1 amide bonds.